The van der Waals surface area contributed by atoms with Gasteiger partial charge in [-0.25, -0.2) is 4.39 Å². The van der Waals surface area contributed by atoms with E-state index in [0.29, 0.717) is 12.8 Å². The average molecular weight is 246 g/mol. The van der Waals surface area contributed by atoms with Crippen molar-refractivity contribution in [1.82, 2.24) is 0 Å². The van der Waals surface area contributed by atoms with Gasteiger partial charge in [-0.05, 0) is 18.9 Å². The third-order valence-electron chi connectivity index (χ3n) is 2.84. The van der Waals surface area contributed by atoms with Crippen LogP contribution in [0.4, 0.5) is 13.2 Å². The Hall–Kier alpha value is -1.72. The number of hydrogen-bond donors (Lipinski definition) is 1. The smallest absolute Gasteiger partial charge is 0.387 e. The monoisotopic (exact) mass is 246 g/mol. The molecule has 92 valence electrons. The number of rotatable bonds is 4. The van der Waals surface area contributed by atoms with E-state index in [1.165, 1.54) is 6.07 Å². The summed E-state index contributed by atoms with van der Waals surface area (Å²) in [6, 6.07) is 3.12. The zero-order valence-electron chi connectivity index (χ0n) is 8.62. The van der Waals surface area contributed by atoms with Crippen molar-refractivity contribution in [2.75, 3.05) is 0 Å². The summed E-state index contributed by atoms with van der Waals surface area (Å²) < 4.78 is 41.4. The molecule has 0 heterocycles. The number of alkyl halides is 2. The largest absolute Gasteiger partial charge is 0.481 e. The fraction of sp³-hybridized carbons (Fsp3) is 0.364. The van der Waals surface area contributed by atoms with Crippen molar-refractivity contribution >= 4 is 5.97 Å². The molecule has 1 aromatic rings. The van der Waals surface area contributed by atoms with Gasteiger partial charge in [0.25, 0.3) is 0 Å². The summed E-state index contributed by atoms with van der Waals surface area (Å²) in [6.45, 7) is -3.03. The Labute approximate surface area is 94.8 Å². The molecule has 0 radical (unpaired) electrons. The molecule has 17 heavy (non-hydrogen) atoms. The number of aliphatic carboxylic acids is 1. The molecule has 0 bridgehead atoms. The second kappa shape index (κ2) is 3.94. The van der Waals surface area contributed by atoms with Crippen LogP contribution in [0.3, 0.4) is 0 Å². The molecule has 0 unspecified atom stereocenters. The van der Waals surface area contributed by atoms with Crippen LogP contribution >= 0.6 is 0 Å². The fourth-order valence-corrected chi connectivity index (χ4v) is 1.78. The zero-order valence-corrected chi connectivity index (χ0v) is 8.62. The van der Waals surface area contributed by atoms with Crippen molar-refractivity contribution in [3.8, 4) is 5.75 Å². The molecule has 0 atom stereocenters. The van der Waals surface area contributed by atoms with Gasteiger partial charge in [0, 0.05) is 11.6 Å². The summed E-state index contributed by atoms with van der Waals surface area (Å²) in [6.07, 6.45) is 0.711. The Balaban J connectivity index is 2.30. The Morgan fingerprint density at radius 1 is 1.41 bits per heavy atom. The van der Waals surface area contributed by atoms with E-state index < -0.39 is 23.8 Å². The molecule has 0 saturated heterocycles. The number of ether oxygens (including phenoxy) is 1. The van der Waals surface area contributed by atoms with Gasteiger partial charge < -0.3 is 9.84 Å². The van der Waals surface area contributed by atoms with Crippen LogP contribution in [0.15, 0.2) is 18.2 Å². The summed E-state index contributed by atoms with van der Waals surface area (Å²) in [5.41, 5.74) is -1.17. The average Bonchev–Trinajstić information content (AvgIpc) is 2.97. The lowest BCUT2D eigenvalue weighted by molar-refractivity contribution is -0.140. The van der Waals surface area contributed by atoms with Gasteiger partial charge in [-0.3, -0.25) is 4.79 Å². The highest BCUT2D eigenvalue weighted by molar-refractivity contribution is 5.85. The fourth-order valence-electron chi connectivity index (χ4n) is 1.78. The van der Waals surface area contributed by atoms with Gasteiger partial charge >= 0.3 is 12.6 Å². The Bertz CT molecular complexity index is 455. The molecule has 1 aliphatic carbocycles. The molecule has 6 heteroatoms. The summed E-state index contributed by atoms with van der Waals surface area (Å²) in [5, 5.41) is 8.98. The lowest BCUT2D eigenvalue weighted by atomic mass is 9.95. The molecule has 3 nitrogen and oxygen atoms in total. The van der Waals surface area contributed by atoms with E-state index in [2.05, 4.69) is 4.74 Å². The minimum atomic E-state index is -3.03. The SMILES string of the molecule is O=C(O)C1(c2ccc(OC(F)F)cc2F)CC1. The molecular formula is C11H9F3O3. The number of halogens is 3. The van der Waals surface area contributed by atoms with Crippen LogP contribution in [-0.4, -0.2) is 17.7 Å². The third kappa shape index (κ3) is 2.07. The van der Waals surface area contributed by atoms with Crippen molar-refractivity contribution < 1.29 is 27.8 Å². The van der Waals surface area contributed by atoms with Gasteiger partial charge in [0.1, 0.15) is 11.6 Å². The lowest BCUT2D eigenvalue weighted by Gasteiger charge is -2.12. The lowest BCUT2D eigenvalue weighted by Crippen LogP contribution is -2.21. The first-order chi connectivity index (χ1) is 7.95. The first kappa shape index (κ1) is 11.8. The van der Waals surface area contributed by atoms with Crippen molar-refractivity contribution in [2.24, 2.45) is 0 Å². The highest BCUT2D eigenvalue weighted by Crippen LogP contribution is 2.49. The maximum absolute atomic E-state index is 13.6. The molecule has 1 N–H and O–H groups in total. The van der Waals surface area contributed by atoms with Gasteiger partial charge in [0.15, 0.2) is 0 Å². The molecule has 1 aliphatic rings. The normalized spacial score (nSPS) is 16.9. The minimum Gasteiger partial charge on any atom is -0.481 e. The van der Waals surface area contributed by atoms with Crippen LogP contribution in [0.25, 0.3) is 0 Å². The van der Waals surface area contributed by atoms with Gasteiger partial charge in [0.05, 0.1) is 5.41 Å². The molecule has 0 aromatic heterocycles. The highest BCUT2D eigenvalue weighted by atomic mass is 19.3. The van der Waals surface area contributed by atoms with Crippen LogP contribution < -0.4 is 4.74 Å². The summed E-state index contributed by atoms with van der Waals surface area (Å²) in [7, 11) is 0. The summed E-state index contributed by atoms with van der Waals surface area (Å²) >= 11 is 0. The van der Waals surface area contributed by atoms with E-state index >= 15 is 0 Å². The molecule has 1 fully saturated rings. The molecule has 0 aliphatic heterocycles. The number of carboxylic acid groups (broad SMARTS) is 1. The molecule has 1 saturated carbocycles. The van der Waals surface area contributed by atoms with Crippen molar-refractivity contribution in [3.05, 3.63) is 29.6 Å². The van der Waals surface area contributed by atoms with Crippen LogP contribution in [-0.2, 0) is 10.2 Å². The molecule has 0 amide bonds. The molecule has 0 spiro atoms. The number of carboxylic acids is 1. The predicted octanol–water partition coefficient (Wildman–Crippen LogP) is 2.54. The molecule has 1 aromatic carbocycles. The quantitative estimate of drug-likeness (QED) is 0.888. The zero-order chi connectivity index (χ0) is 12.6. The minimum absolute atomic E-state index is 0.0200. The van der Waals surface area contributed by atoms with Gasteiger partial charge in [-0.2, -0.15) is 8.78 Å². The van der Waals surface area contributed by atoms with Crippen LogP contribution in [0.1, 0.15) is 18.4 Å². The number of carbonyl (C=O) groups is 1. The Morgan fingerprint density at radius 3 is 2.47 bits per heavy atom. The van der Waals surface area contributed by atoms with Crippen LogP contribution in [0.5, 0.6) is 5.75 Å². The second-order valence-corrected chi connectivity index (χ2v) is 3.91. The maximum Gasteiger partial charge on any atom is 0.387 e. The molecular weight excluding hydrogens is 237 g/mol. The number of hydrogen-bond acceptors (Lipinski definition) is 2. The number of benzene rings is 1. The van der Waals surface area contributed by atoms with Gasteiger partial charge in [-0.1, -0.05) is 6.07 Å². The van der Waals surface area contributed by atoms with E-state index in [-0.39, 0.29) is 11.3 Å². The standard InChI is InChI=1S/C11H9F3O3/c12-8-5-6(17-10(13)14)1-2-7(8)11(3-4-11)9(15)16/h1-2,5,10H,3-4H2,(H,15,16). The van der Waals surface area contributed by atoms with E-state index in [4.69, 9.17) is 5.11 Å². The van der Waals surface area contributed by atoms with E-state index in [0.717, 1.165) is 12.1 Å². The summed E-state index contributed by atoms with van der Waals surface area (Å²) in [5.74, 6) is -2.25. The summed E-state index contributed by atoms with van der Waals surface area (Å²) in [4.78, 5) is 11.0. The van der Waals surface area contributed by atoms with E-state index in [1.54, 1.807) is 0 Å². The topological polar surface area (TPSA) is 46.5 Å². The van der Waals surface area contributed by atoms with E-state index in [9.17, 15) is 18.0 Å². The van der Waals surface area contributed by atoms with Gasteiger partial charge in [-0.15, -0.1) is 0 Å². The van der Waals surface area contributed by atoms with Crippen molar-refractivity contribution in [2.45, 2.75) is 24.9 Å². The Morgan fingerprint density at radius 2 is 2.06 bits per heavy atom. The molecule has 2 rings (SSSR count). The van der Waals surface area contributed by atoms with Crippen LogP contribution in [0, 0.1) is 5.82 Å². The Kier molecular flexibility index (Phi) is 2.73. The third-order valence-corrected chi connectivity index (χ3v) is 2.84. The second-order valence-electron chi connectivity index (χ2n) is 3.91. The first-order valence-electron chi connectivity index (χ1n) is 4.94. The van der Waals surface area contributed by atoms with E-state index in [1.807, 2.05) is 0 Å². The van der Waals surface area contributed by atoms with Crippen molar-refractivity contribution in [1.29, 1.82) is 0 Å². The van der Waals surface area contributed by atoms with Crippen molar-refractivity contribution in [3.63, 3.8) is 0 Å². The predicted molar refractivity (Wildman–Crippen MR) is 51.6 cm³/mol. The highest BCUT2D eigenvalue weighted by Gasteiger charge is 2.53. The first-order valence-corrected chi connectivity index (χ1v) is 4.94. The van der Waals surface area contributed by atoms with Gasteiger partial charge in [0.2, 0.25) is 0 Å². The van der Waals surface area contributed by atoms with Crippen LogP contribution in [0.2, 0.25) is 0 Å². The maximum atomic E-state index is 13.6.